The van der Waals surface area contributed by atoms with Crippen LogP contribution in [0.1, 0.15) is 12.5 Å². The van der Waals surface area contributed by atoms with Gasteiger partial charge in [0.15, 0.2) is 0 Å². The van der Waals surface area contributed by atoms with Crippen LogP contribution in [0.3, 0.4) is 0 Å². The summed E-state index contributed by atoms with van der Waals surface area (Å²) >= 11 is 5.98. The summed E-state index contributed by atoms with van der Waals surface area (Å²) < 4.78 is 14.3. The van der Waals surface area contributed by atoms with Gasteiger partial charge in [0.25, 0.3) is 0 Å². The van der Waals surface area contributed by atoms with Crippen molar-refractivity contribution in [1.29, 1.82) is 0 Å². The predicted molar refractivity (Wildman–Crippen MR) is 114 cm³/mol. The maximum absolute atomic E-state index is 14.3. The number of hydrogen-bond acceptors (Lipinski definition) is 3. The van der Waals surface area contributed by atoms with Crippen LogP contribution in [-0.4, -0.2) is 11.5 Å². The molecule has 5 nitrogen and oxygen atoms in total. The first-order valence-electron chi connectivity index (χ1n) is 8.72. The van der Waals surface area contributed by atoms with Crippen LogP contribution in [0, 0.1) is 10.1 Å². The zero-order valence-corrected chi connectivity index (χ0v) is 16.9. The van der Waals surface area contributed by atoms with E-state index in [-0.39, 0.29) is 0 Å². The fourth-order valence-electron chi connectivity index (χ4n) is 3.17. The molecule has 1 unspecified atom stereocenters. The van der Waals surface area contributed by atoms with E-state index in [1.165, 1.54) is 0 Å². The van der Waals surface area contributed by atoms with E-state index in [2.05, 4.69) is 5.09 Å². The summed E-state index contributed by atoms with van der Waals surface area (Å²) in [7, 11) is -3.37. The molecular formula is C21H20ClN2O3P. The number of rotatable bonds is 7. The van der Waals surface area contributed by atoms with Crippen molar-refractivity contribution in [3.05, 3.63) is 106 Å². The monoisotopic (exact) mass is 414 g/mol. The minimum Gasteiger partial charge on any atom is -0.296 e. The molecule has 0 saturated heterocycles. The highest BCUT2D eigenvalue weighted by Crippen LogP contribution is 2.43. The first kappa shape index (κ1) is 20.3. The summed E-state index contributed by atoms with van der Waals surface area (Å²) in [6.45, 7) is 1.26. The molecule has 0 heterocycles. The van der Waals surface area contributed by atoms with Gasteiger partial charge < -0.3 is 0 Å². The number of halogens is 1. The molecule has 0 spiro atoms. The Morgan fingerprint density at radius 3 is 1.82 bits per heavy atom. The van der Waals surface area contributed by atoms with Gasteiger partial charge in [-0.3, -0.25) is 14.7 Å². The maximum Gasteiger partial charge on any atom is 0.226 e. The third kappa shape index (κ3) is 4.33. The Morgan fingerprint density at radius 1 is 0.929 bits per heavy atom. The highest BCUT2D eigenvalue weighted by Gasteiger charge is 2.41. The van der Waals surface area contributed by atoms with E-state index >= 15 is 0 Å². The molecular weight excluding hydrogens is 395 g/mol. The lowest BCUT2D eigenvalue weighted by atomic mass is 9.93. The van der Waals surface area contributed by atoms with Gasteiger partial charge in [0.05, 0.1) is 0 Å². The normalized spacial score (nSPS) is 13.6. The lowest BCUT2D eigenvalue weighted by Crippen LogP contribution is -2.47. The van der Waals surface area contributed by atoms with Crippen LogP contribution < -0.4 is 15.7 Å². The number of benzene rings is 3. The van der Waals surface area contributed by atoms with Crippen molar-refractivity contribution >= 4 is 29.5 Å². The molecule has 0 radical (unpaired) electrons. The number of hydrogen-bond donors (Lipinski definition) is 1. The van der Waals surface area contributed by atoms with E-state index in [4.69, 9.17) is 11.6 Å². The summed E-state index contributed by atoms with van der Waals surface area (Å²) in [6.07, 6.45) is 0. The number of nitrogens with one attached hydrogen (secondary N) is 1. The standard InChI is InChI=1S/C21H20ClN2O3P/c1-21(16-24(25)26,17-12-14-18(22)15-13-17)23-28(27,19-8-4-2-5-9-19)20-10-6-3-7-11-20/h2-15H,16H2,1H3,(H,23,27). The Morgan fingerprint density at radius 2 is 1.39 bits per heavy atom. The topological polar surface area (TPSA) is 72.2 Å². The van der Waals surface area contributed by atoms with Crippen molar-refractivity contribution in [2.45, 2.75) is 12.5 Å². The van der Waals surface area contributed by atoms with Crippen molar-refractivity contribution < 1.29 is 9.49 Å². The minimum absolute atomic E-state index is 0.401. The first-order chi connectivity index (χ1) is 13.3. The maximum atomic E-state index is 14.3. The molecule has 0 aliphatic heterocycles. The van der Waals surface area contributed by atoms with Gasteiger partial charge in [0.1, 0.15) is 5.54 Å². The lowest BCUT2D eigenvalue weighted by molar-refractivity contribution is -0.490. The fourth-order valence-corrected chi connectivity index (χ4v) is 5.93. The molecule has 3 rings (SSSR count). The Bertz CT molecular complexity index is 954. The minimum atomic E-state index is -3.37. The molecule has 0 bridgehead atoms. The van der Waals surface area contributed by atoms with Gasteiger partial charge in [-0.25, -0.2) is 5.09 Å². The van der Waals surface area contributed by atoms with Gasteiger partial charge in [-0.2, -0.15) is 0 Å². The molecule has 0 aliphatic carbocycles. The smallest absolute Gasteiger partial charge is 0.226 e. The van der Waals surface area contributed by atoms with E-state index in [1.54, 1.807) is 79.7 Å². The number of nitrogens with zero attached hydrogens (tertiary/aromatic N) is 1. The second-order valence-corrected chi connectivity index (χ2v) is 9.63. The van der Waals surface area contributed by atoms with E-state index in [9.17, 15) is 14.7 Å². The van der Waals surface area contributed by atoms with Gasteiger partial charge in [-0.05, 0) is 48.9 Å². The van der Waals surface area contributed by atoms with Crippen LogP contribution in [-0.2, 0) is 10.1 Å². The molecule has 1 atom stereocenters. The van der Waals surface area contributed by atoms with Gasteiger partial charge >= 0.3 is 0 Å². The molecule has 1 N–H and O–H groups in total. The first-order valence-corrected chi connectivity index (χ1v) is 10.8. The van der Waals surface area contributed by atoms with Crippen LogP contribution >= 0.6 is 18.9 Å². The molecule has 0 aromatic heterocycles. The molecule has 3 aromatic rings. The molecule has 0 aliphatic rings. The largest absolute Gasteiger partial charge is 0.296 e. The molecule has 0 amide bonds. The molecule has 7 heteroatoms. The Labute approximate surface area is 168 Å². The summed E-state index contributed by atoms with van der Waals surface area (Å²) in [5.41, 5.74) is -0.532. The van der Waals surface area contributed by atoms with Gasteiger partial charge in [0, 0.05) is 20.6 Å². The summed E-state index contributed by atoms with van der Waals surface area (Å²) in [5.74, 6) is 0. The van der Waals surface area contributed by atoms with Crippen molar-refractivity contribution in [3.8, 4) is 0 Å². The van der Waals surface area contributed by atoms with Crippen LogP contribution in [0.25, 0.3) is 0 Å². The highest BCUT2D eigenvalue weighted by molar-refractivity contribution is 7.77. The molecule has 28 heavy (non-hydrogen) atoms. The summed E-state index contributed by atoms with van der Waals surface area (Å²) in [6, 6.07) is 24.8. The third-order valence-corrected chi connectivity index (χ3v) is 7.68. The molecule has 144 valence electrons. The third-order valence-electron chi connectivity index (χ3n) is 4.57. The van der Waals surface area contributed by atoms with Gasteiger partial charge in [-0.15, -0.1) is 0 Å². The van der Waals surface area contributed by atoms with Crippen LogP contribution in [0.2, 0.25) is 5.02 Å². The van der Waals surface area contributed by atoms with E-state index in [0.29, 0.717) is 21.2 Å². The van der Waals surface area contributed by atoms with E-state index in [1.807, 2.05) is 12.1 Å². The Balaban J connectivity index is 2.15. The van der Waals surface area contributed by atoms with Gasteiger partial charge in [-0.1, -0.05) is 60.1 Å². The summed E-state index contributed by atoms with van der Waals surface area (Å²) in [4.78, 5) is 11.1. The van der Waals surface area contributed by atoms with Crippen molar-refractivity contribution in [2.24, 2.45) is 0 Å². The van der Waals surface area contributed by atoms with Crippen molar-refractivity contribution in [1.82, 2.24) is 5.09 Å². The SMILES string of the molecule is CC(C[N+](=O)[O-])(NP(=O)(c1ccccc1)c1ccccc1)c1ccc(Cl)cc1. The van der Waals surface area contributed by atoms with E-state index < -0.39 is 24.3 Å². The zero-order chi connectivity index (χ0) is 20.2. The van der Waals surface area contributed by atoms with Crippen molar-refractivity contribution in [2.75, 3.05) is 6.54 Å². The van der Waals surface area contributed by atoms with Gasteiger partial charge in [0.2, 0.25) is 13.8 Å². The Hall–Kier alpha value is -2.46. The zero-order valence-electron chi connectivity index (χ0n) is 15.3. The lowest BCUT2D eigenvalue weighted by Gasteiger charge is -2.33. The summed E-state index contributed by atoms with van der Waals surface area (Å²) in [5, 5.41) is 16.3. The van der Waals surface area contributed by atoms with Crippen LogP contribution in [0.4, 0.5) is 0 Å². The quantitative estimate of drug-likeness (QED) is 0.354. The van der Waals surface area contributed by atoms with Crippen LogP contribution in [0.15, 0.2) is 84.9 Å². The molecule has 0 saturated carbocycles. The average molecular weight is 415 g/mol. The van der Waals surface area contributed by atoms with Crippen molar-refractivity contribution in [3.63, 3.8) is 0 Å². The predicted octanol–water partition coefficient (Wildman–Crippen LogP) is 4.35. The Kier molecular flexibility index (Phi) is 5.99. The average Bonchev–Trinajstić information content (AvgIpc) is 2.69. The second kappa shape index (κ2) is 8.27. The van der Waals surface area contributed by atoms with E-state index in [0.717, 1.165) is 0 Å². The number of nitro groups is 1. The fraction of sp³-hybridized carbons (Fsp3) is 0.143. The second-order valence-electron chi connectivity index (χ2n) is 6.72. The van der Waals surface area contributed by atoms with Crippen LogP contribution in [0.5, 0.6) is 0 Å². The molecule has 3 aromatic carbocycles. The highest BCUT2D eigenvalue weighted by atomic mass is 35.5. The molecule has 0 fully saturated rings.